The van der Waals surface area contributed by atoms with Crippen LogP contribution < -0.4 is 4.74 Å². The first-order valence-electron chi connectivity index (χ1n) is 9.58. The van der Waals surface area contributed by atoms with Gasteiger partial charge in [-0.1, -0.05) is 18.2 Å². The molecule has 0 bridgehead atoms. The lowest BCUT2D eigenvalue weighted by Gasteiger charge is -2.38. The fourth-order valence-electron chi connectivity index (χ4n) is 3.99. The molecular weight excluding hydrogens is 316 g/mol. The number of para-hydroxylation sites is 1. The van der Waals surface area contributed by atoms with Crippen molar-refractivity contribution in [1.29, 1.82) is 0 Å². The molecule has 2 fully saturated rings. The molecule has 0 aromatic heterocycles. The summed E-state index contributed by atoms with van der Waals surface area (Å²) in [5.41, 5.74) is 0. The number of morpholine rings is 1. The summed E-state index contributed by atoms with van der Waals surface area (Å²) in [6.07, 6.45) is 2.53. The fourth-order valence-corrected chi connectivity index (χ4v) is 3.99. The number of rotatable bonds is 6. The number of hydrogen-bond acceptors (Lipinski definition) is 5. The molecule has 2 saturated heterocycles. The Hall–Kier alpha value is -1.14. The average molecular weight is 348 g/mol. The number of nitrogens with zero attached hydrogens (tertiary/aromatic N) is 2. The highest BCUT2D eigenvalue weighted by atomic mass is 16.5. The van der Waals surface area contributed by atoms with Gasteiger partial charge in [-0.25, -0.2) is 0 Å². The molecule has 0 saturated carbocycles. The monoisotopic (exact) mass is 348 g/mol. The molecule has 2 heterocycles. The van der Waals surface area contributed by atoms with Crippen LogP contribution in [-0.4, -0.2) is 78.6 Å². The van der Waals surface area contributed by atoms with Gasteiger partial charge >= 0.3 is 0 Å². The van der Waals surface area contributed by atoms with E-state index in [4.69, 9.17) is 9.47 Å². The summed E-state index contributed by atoms with van der Waals surface area (Å²) in [5, 5.41) is 10.5. The van der Waals surface area contributed by atoms with Gasteiger partial charge in [-0.2, -0.15) is 0 Å². The number of ether oxygens (including phenoxy) is 2. The maximum Gasteiger partial charge on any atom is 0.119 e. The molecule has 140 valence electrons. The molecule has 5 heteroatoms. The van der Waals surface area contributed by atoms with Gasteiger partial charge in [-0.05, 0) is 38.8 Å². The highest BCUT2D eigenvalue weighted by Crippen LogP contribution is 2.19. The van der Waals surface area contributed by atoms with Crippen LogP contribution >= 0.6 is 0 Å². The maximum atomic E-state index is 10.5. The molecular formula is C20H32N2O3. The number of aliphatic hydroxyl groups is 1. The number of piperidine rings is 1. The molecule has 25 heavy (non-hydrogen) atoms. The zero-order chi connectivity index (χ0) is 17.6. The Kier molecular flexibility index (Phi) is 6.70. The van der Waals surface area contributed by atoms with E-state index in [1.807, 2.05) is 30.3 Å². The summed E-state index contributed by atoms with van der Waals surface area (Å²) in [6.45, 7) is 9.49. The minimum absolute atomic E-state index is 0.252. The molecule has 0 aliphatic carbocycles. The molecule has 3 rings (SSSR count). The van der Waals surface area contributed by atoms with Crippen LogP contribution in [0.2, 0.25) is 0 Å². The van der Waals surface area contributed by atoms with Crippen LogP contribution in [0.4, 0.5) is 0 Å². The van der Waals surface area contributed by atoms with Crippen LogP contribution in [-0.2, 0) is 4.74 Å². The predicted octanol–water partition coefficient (Wildman–Crippen LogP) is 2.00. The van der Waals surface area contributed by atoms with E-state index in [9.17, 15) is 5.11 Å². The van der Waals surface area contributed by atoms with E-state index in [1.165, 1.54) is 0 Å². The van der Waals surface area contributed by atoms with Crippen molar-refractivity contribution in [1.82, 2.24) is 9.80 Å². The van der Waals surface area contributed by atoms with Crippen molar-refractivity contribution in [2.45, 2.75) is 51.1 Å². The van der Waals surface area contributed by atoms with E-state index in [-0.39, 0.29) is 24.4 Å². The Morgan fingerprint density at radius 3 is 2.28 bits per heavy atom. The van der Waals surface area contributed by atoms with E-state index >= 15 is 0 Å². The van der Waals surface area contributed by atoms with Gasteiger partial charge in [0.05, 0.1) is 18.3 Å². The van der Waals surface area contributed by atoms with E-state index < -0.39 is 0 Å². The van der Waals surface area contributed by atoms with E-state index in [0.29, 0.717) is 0 Å². The van der Waals surface area contributed by atoms with Gasteiger partial charge in [0.1, 0.15) is 11.9 Å². The topological polar surface area (TPSA) is 45.2 Å². The molecule has 0 spiro atoms. The molecule has 1 aromatic carbocycles. The molecule has 2 aliphatic rings. The lowest BCUT2D eigenvalue weighted by molar-refractivity contribution is -0.0785. The maximum absolute atomic E-state index is 10.5. The van der Waals surface area contributed by atoms with Gasteiger partial charge in [-0.15, -0.1) is 0 Å². The molecule has 0 amide bonds. The lowest BCUT2D eigenvalue weighted by Crippen LogP contribution is -2.50. The Morgan fingerprint density at radius 1 is 1.04 bits per heavy atom. The van der Waals surface area contributed by atoms with Gasteiger partial charge in [-0.3, -0.25) is 4.90 Å². The minimum Gasteiger partial charge on any atom is -0.490 e. The van der Waals surface area contributed by atoms with Crippen LogP contribution in [0.1, 0.15) is 26.7 Å². The first-order valence-corrected chi connectivity index (χ1v) is 9.58. The van der Waals surface area contributed by atoms with Crippen LogP contribution in [0.15, 0.2) is 30.3 Å². The summed E-state index contributed by atoms with van der Waals surface area (Å²) in [4.78, 5) is 4.69. The van der Waals surface area contributed by atoms with Gasteiger partial charge < -0.3 is 19.5 Å². The van der Waals surface area contributed by atoms with Crippen LogP contribution in [0.5, 0.6) is 5.75 Å². The average Bonchev–Trinajstić information content (AvgIpc) is 2.56. The third-order valence-corrected chi connectivity index (χ3v) is 5.01. The predicted molar refractivity (Wildman–Crippen MR) is 99.0 cm³/mol. The van der Waals surface area contributed by atoms with Crippen molar-refractivity contribution >= 4 is 0 Å². The lowest BCUT2D eigenvalue weighted by atomic mass is 10.1. The molecule has 1 N–H and O–H groups in total. The standard InChI is InChI=1S/C20H32N2O3/c1-16-12-22(13-17(2)24-16)15-18(23)14-21-10-8-20(9-11-21)25-19-6-4-3-5-7-19/h3-7,16-18,20,23H,8-15H2,1-2H3. The Labute approximate surface area is 151 Å². The Bertz CT molecular complexity index is 495. The Morgan fingerprint density at radius 2 is 1.64 bits per heavy atom. The Balaban J connectivity index is 1.37. The van der Waals surface area contributed by atoms with Crippen LogP contribution in [0.3, 0.4) is 0 Å². The summed E-state index contributed by atoms with van der Waals surface area (Å²) in [6, 6.07) is 10.1. The molecule has 2 aliphatic heterocycles. The van der Waals surface area contributed by atoms with Crippen molar-refractivity contribution in [3.05, 3.63) is 30.3 Å². The molecule has 5 nitrogen and oxygen atoms in total. The minimum atomic E-state index is -0.302. The third kappa shape index (κ3) is 5.96. The van der Waals surface area contributed by atoms with Crippen molar-refractivity contribution in [3.63, 3.8) is 0 Å². The number of aliphatic hydroxyl groups excluding tert-OH is 1. The SMILES string of the molecule is CC1CN(CC(O)CN2CCC(Oc3ccccc3)CC2)CC(C)O1. The molecule has 1 aromatic rings. The van der Waals surface area contributed by atoms with Crippen molar-refractivity contribution < 1.29 is 14.6 Å². The summed E-state index contributed by atoms with van der Waals surface area (Å²) in [7, 11) is 0. The van der Waals surface area contributed by atoms with Gasteiger partial charge in [0.2, 0.25) is 0 Å². The number of hydrogen-bond donors (Lipinski definition) is 1. The van der Waals surface area contributed by atoms with E-state index in [1.54, 1.807) is 0 Å². The molecule has 0 radical (unpaired) electrons. The first-order chi connectivity index (χ1) is 12.1. The second-order valence-corrected chi connectivity index (χ2v) is 7.56. The fraction of sp³-hybridized carbons (Fsp3) is 0.700. The number of benzene rings is 1. The second-order valence-electron chi connectivity index (χ2n) is 7.56. The quantitative estimate of drug-likeness (QED) is 0.852. The summed E-state index contributed by atoms with van der Waals surface area (Å²) in [5.74, 6) is 0.955. The van der Waals surface area contributed by atoms with Crippen molar-refractivity contribution in [3.8, 4) is 5.75 Å². The van der Waals surface area contributed by atoms with Crippen LogP contribution in [0.25, 0.3) is 0 Å². The first kappa shape index (κ1) is 18.6. The third-order valence-electron chi connectivity index (χ3n) is 5.01. The smallest absolute Gasteiger partial charge is 0.119 e. The number of β-amino-alcohol motifs (C(OH)–C–C–N with tert-alkyl or cyclic N) is 1. The van der Waals surface area contributed by atoms with Gasteiger partial charge in [0.25, 0.3) is 0 Å². The zero-order valence-electron chi connectivity index (χ0n) is 15.5. The second kappa shape index (κ2) is 8.99. The van der Waals surface area contributed by atoms with Crippen molar-refractivity contribution in [2.75, 3.05) is 39.3 Å². The zero-order valence-corrected chi connectivity index (χ0v) is 15.5. The van der Waals surface area contributed by atoms with E-state index in [2.05, 4.69) is 23.6 Å². The van der Waals surface area contributed by atoms with Gasteiger partial charge in [0, 0.05) is 39.3 Å². The normalized spacial score (nSPS) is 28.0. The summed E-state index contributed by atoms with van der Waals surface area (Å²) < 4.78 is 11.8. The van der Waals surface area contributed by atoms with Crippen molar-refractivity contribution in [2.24, 2.45) is 0 Å². The molecule has 3 unspecified atom stereocenters. The summed E-state index contributed by atoms with van der Waals surface area (Å²) >= 11 is 0. The highest BCUT2D eigenvalue weighted by Gasteiger charge is 2.26. The molecule has 3 atom stereocenters. The van der Waals surface area contributed by atoms with Crippen LogP contribution in [0, 0.1) is 0 Å². The van der Waals surface area contributed by atoms with E-state index in [0.717, 1.165) is 57.9 Å². The number of likely N-dealkylation sites (tertiary alicyclic amines) is 1. The largest absolute Gasteiger partial charge is 0.490 e. The van der Waals surface area contributed by atoms with Gasteiger partial charge in [0.15, 0.2) is 0 Å². The highest BCUT2D eigenvalue weighted by molar-refractivity contribution is 5.21.